The maximum absolute atomic E-state index is 14.0. The fraction of sp³-hybridized carbons (Fsp3) is 0.455. The largest absolute Gasteiger partial charge is 0.479 e. The van der Waals surface area contributed by atoms with Crippen molar-refractivity contribution >= 4 is 11.9 Å². The normalized spacial score (nSPS) is 25.6. The van der Waals surface area contributed by atoms with Crippen molar-refractivity contribution in [3.05, 3.63) is 24.3 Å². The highest BCUT2D eigenvalue weighted by molar-refractivity contribution is 5.96. The summed E-state index contributed by atoms with van der Waals surface area (Å²) in [6.07, 6.45) is 4.33. The average molecular weight is 253 g/mol. The van der Waals surface area contributed by atoms with Crippen molar-refractivity contribution in [3.8, 4) is 0 Å². The molecule has 7 heteroatoms. The van der Waals surface area contributed by atoms with Gasteiger partial charge < -0.3 is 5.11 Å². The molecule has 0 aromatic carbocycles. The zero-order valence-electron chi connectivity index (χ0n) is 9.71. The Labute approximate surface area is 102 Å². The highest BCUT2D eigenvalue weighted by Gasteiger charge is 2.66. The van der Waals surface area contributed by atoms with Crippen molar-refractivity contribution in [1.82, 2.24) is 15.1 Å². The van der Waals surface area contributed by atoms with E-state index in [4.69, 9.17) is 5.11 Å². The molecule has 96 valence electrons. The Morgan fingerprint density at radius 2 is 2.33 bits per heavy atom. The highest BCUT2D eigenvalue weighted by atomic mass is 19.2. The number of carbonyl (C=O) groups is 2. The number of nitrogens with zero attached hydrogens (tertiary/aromatic N) is 3. The third-order valence-corrected chi connectivity index (χ3v) is 3.25. The summed E-state index contributed by atoms with van der Waals surface area (Å²) < 4.78 is 14.0. The van der Waals surface area contributed by atoms with Crippen molar-refractivity contribution < 1.29 is 19.2 Å². The number of carbonyl (C=O) groups excluding carboxylic acids is 1. The second-order valence-electron chi connectivity index (χ2n) is 4.22. The summed E-state index contributed by atoms with van der Waals surface area (Å²) in [6, 6.07) is 0. The molecule has 1 fully saturated rings. The molecule has 1 amide bonds. The summed E-state index contributed by atoms with van der Waals surface area (Å²) >= 11 is 0. The minimum absolute atomic E-state index is 0.126. The molecule has 1 aliphatic carbocycles. The van der Waals surface area contributed by atoms with Crippen LogP contribution in [0.15, 0.2) is 18.6 Å². The summed E-state index contributed by atoms with van der Waals surface area (Å²) in [5.41, 5.74) is -1.94. The van der Waals surface area contributed by atoms with E-state index in [-0.39, 0.29) is 23.2 Å². The summed E-state index contributed by atoms with van der Waals surface area (Å²) in [6.45, 7) is 1.76. The number of aliphatic carboxylic acids is 1. The standard InChI is InChI=1S/C11H12FN3O3/c1-2-7-5-11(7,10(17)18)15(12)9(16)8-6-13-3-4-14-8/h3-4,6-7H,2,5H2,1H3,(H,17,18). The second-order valence-corrected chi connectivity index (χ2v) is 4.22. The minimum atomic E-state index is -1.73. The lowest BCUT2D eigenvalue weighted by molar-refractivity contribution is -0.151. The number of halogens is 1. The van der Waals surface area contributed by atoms with E-state index in [0.717, 1.165) is 6.20 Å². The van der Waals surface area contributed by atoms with Crippen molar-refractivity contribution in [3.63, 3.8) is 0 Å². The van der Waals surface area contributed by atoms with Crippen molar-refractivity contribution in [2.75, 3.05) is 0 Å². The van der Waals surface area contributed by atoms with Crippen molar-refractivity contribution in [1.29, 1.82) is 0 Å². The number of hydrogen-bond acceptors (Lipinski definition) is 4. The van der Waals surface area contributed by atoms with E-state index in [1.54, 1.807) is 6.92 Å². The molecular formula is C11H12FN3O3. The van der Waals surface area contributed by atoms with Crippen LogP contribution in [0.4, 0.5) is 4.48 Å². The van der Waals surface area contributed by atoms with Gasteiger partial charge in [0.05, 0.1) is 6.20 Å². The lowest BCUT2D eigenvalue weighted by Gasteiger charge is -2.20. The van der Waals surface area contributed by atoms with Gasteiger partial charge in [-0.3, -0.25) is 9.78 Å². The van der Waals surface area contributed by atoms with Gasteiger partial charge in [0.1, 0.15) is 5.69 Å². The molecule has 18 heavy (non-hydrogen) atoms. The van der Waals surface area contributed by atoms with Gasteiger partial charge in [-0.1, -0.05) is 17.8 Å². The fourth-order valence-corrected chi connectivity index (χ4v) is 2.08. The van der Waals surface area contributed by atoms with Crippen LogP contribution >= 0.6 is 0 Å². The van der Waals surface area contributed by atoms with Crippen molar-refractivity contribution in [2.45, 2.75) is 25.3 Å². The first-order valence-corrected chi connectivity index (χ1v) is 5.53. The Morgan fingerprint density at radius 1 is 1.61 bits per heavy atom. The molecule has 0 radical (unpaired) electrons. The smallest absolute Gasteiger partial charge is 0.332 e. The Balaban J connectivity index is 2.24. The van der Waals surface area contributed by atoms with E-state index in [2.05, 4.69) is 9.97 Å². The Morgan fingerprint density at radius 3 is 2.78 bits per heavy atom. The Hall–Kier alpha value is -2.05. The average Bonchev–Trinajstić information content (AvgIpc) is 3.14. The topological polar surface area (TPSA) is 83.4 Å². The molecule has 6 nitrogen and oxygen atoms in total. The zero-order valence-corrected chi connectivity index (χ0v) is 9.71. The van der Waals surface area contributed by atoms with Gasteiger partial charge in [-0.15, -0.1) is 0 Å². The van der Waals surface area contributed by atoms with Gasteiger partial charge >= 0.3 is 11.9 Å². The molecule has 2 atom stereocenters. The van der Waals surface area contributed by atoms with Gasteiger partial charge in [0.25, 0.3) is 0 Å². The predicted molar refractivity (Wildman–Crippen MR) is 58.1 cm³/mol. The quantitative estimate of drug-likeness (QED) is 0.811. The van der Waals surface area contributed by atoms with Gasteiger partial charge in [-0.2, -0.15) is 5.12 Å². The Bertz CT molecular complexity index is 482. The van der Waals surface area contributed by atoms with Crippen LogP contribution in [0.5, 0.6) is 0 Å². The van der Waals surface area contributed by atoms with Crippen molar-refractivity contribution in [2.24, 2.45) is 5.92 Å². The minimum Gasteiger partial charge on any atom is -0.479 e. The molecule has 1 aromatic heterocycles. The maximum atomic E-state index is 14.0. The maximum Gasteiger partial charge on any atom is 0.332 e. The number of carboxylic acids is 1. The monoisotopic (exact) mass is 253 g/mol. The molecule has 0 saturated heterocycles. The van der Waals surface area contributed by atoms with Crippen LogP contribution in [-0.4, -0.2) is 37.6 Å². The lowest BCUT2D eigenvalue weighted by atomic mass is 10.1. The SMILES string of the molecule is CCC1CC1(C(=O)O)N(F)C(=O)c1cnccn1. The number of aromatic nitrogens is 2. The molecule has 2 unspecified atom stereocenters. The molecule has 2 rings (SSSR count). The third kappa shape index (κ3) is 1.71. The van der Waals surface area contributed by atoms with E-state index in [9.17, 15) is 14.1 Å². The number of hydrogen-bond donors (Lipinski definition) is 1. The number of amides is 1. The van der Waals surface area contributed by atoms with Gasteiger partial charge in [-0.25, -0.2) is 9.78 Å². The summed E-state index contributed by atoms with van der Waals surface area (Å²) in [5.74, 6) is -2.75. The number of rotatable bonds is 4. The summed E-state index contributed by atoms with van der Waals surface area (Å²) in [5, 5.41) is 8.89. The first-order valence-electron chi connectivity index (χ1n) is 5.53. The highest BCUT2D eigenvalue weighted by Crippen LogP contribution is 2.51. The molecule has 1 aromatic rings. The van der Waals surface area contributed by atoms with E-state index in [1.165, 1.54) is 12.4 Å². The first kappa shape index (κ1) is 12.4. The molecule has 0 aliphatic heterocycles. The third-order valence-electron chi connectivity index (χ3n) is 3.25. The van der Waals surface area contributed by atoms with Gasteiger partial charge in [-0.05, 0) is 12.3 Å². The summed E-state index contributed by atoms with van der Waals surface area (Å²) in [7, 11) is 0. The van der Waals surface area contributed by atoms with Gasteiger partial charge in [0.2, 0.25) is 0 Å². The zero-order chi connectivity index (χ0) is 13.3. The van der Waals surface area contributed by atoms with E-state index in [1.807, 2.05) is 0 Å². The van der Waals surface area contributed by atoms with Crippen LogP contribution in [0.3, 0.4) is 0 Å². The predicted octanol–water partition coefficient (Wildman–Crippen LogP) is 1.06. The van der Waals surface area contributed by atoms with Crippen LogP contribution in [0.25, 0.3) is 0 Å². The molecule has 1 saturated carbocycles. The second kappa shape index (κ2) is 4.32. The molecule has 1 N–H and O–H groups in total. The van der Waals surface area contributed by atoms with Crippen LogP contribution in [-0.2, 0) is 4.79 Å². The van der Waals surface area contributed by atoms with E-state index >= 15 is 0 Å². The van der Waals surface area contributed by atoms with Crippen LogP contribution < -0.4 is 0 Å². The molecule has 1 heterocycles. The van der Waals surface area contributed by atoms with Crippen LogP contribution in [0.2, 0.25) is 0 Å². The van der Waals surface area contributed by atoms with Gasteiger partial charge in [0.15, 0.2) is 5.54 Å². The Kier molecular flexibility index (Phi) is 2.98. The van der Waals surface area contributed by atoms with Gasteiger partial charge in [0, 0.05) is 12.4 Å². The lowest BCUT2D eigenvalue weighted by Crippen LogP contribution is -2.44. The molecule has 1 aliphatic rings. The number of carboxylic acid groups (broad SMARTS) is 1. The van der Waals surface area contributed by atoms with E-state index < -0.39 is 17.4 Å². The molecule has 0 spiro atoms. The van der Waals surface area contributed by atoms with E-state index in [0.29, 0.717) is 6.42 Å². The van der Waals surface area contributed by atoms with Crippen LogP contribution in [0, 0.1) is 5.92 Å². The first-order chi connectivity index (χ1) is 8.54. The fourth-order valence-electron chi connectivity index (χ4n) is 2.08. The summed E-state index contributed by atoms with van der Waals surface area (Å²) in [4.78, 5) is 30.3. The molecule has 0 bridgehead atoms. The molecular weight excluding hydrogens is 241 g/mol. The van der Waals surface area contributed by atoms with Crippen LogP contribution in [0.1, 0.15) is 30.3 Å².